The van der Waals surface area contributed by atoms with Gasteiger partial charge in [-0.3, -0.25) is 14.3 Å². The number of hydrogen-bond acceptors (Lipinski definition) is 6. The van der Waals surface area contributed by atoms with E-state index in [0.717, 1.165) is 48.9 Å². The van der Waals surface area contributed by atoms with Crippen molar-refractivity contribution in [2.75, 3.05) is 26.2 Å². The summed E-state index contributed by atoms with van der Waals surface area (Å²) < 4.78 is 1.81. The van der Waals surface area contributed by atoms with Gasteiger partial charge in [-0.05, 0) is 30.0 Å². The fourth-order valence-corrected chi connectivity index (χ4v) is 3.89. The number of nitrogens with zero attached hydrogens (tertiary/aromatic N) is 5. The zero-order valence-electron chi connectivity index (χ0n) is 18.1. The van der Waals surface area contributed by atoms with Crippen molar-refractivity contribution in [1.82, 2.24) is 19.4 Å². The van der Waals surface area contributed by atoms with E-state index in [4.69, 9.17) is 10.7 Å². The Labute approximate surface area is 187 Å². The van der Waals surface area contributed by atoms with Crippen molar-refractivity contribution in [2.45, 2.75) is 13.1 Å². The predicted molar refractivity (Wildman–Crippen MR) is 129 cm³/mol. The second-order valence-electron chi connectivity index (χ2n) is 7.76. The van der Waals surface area contributed by atoms with E-state index in [-0.39, 0.29) is 5.56 Å². The Morgan fingerprint density at radius 3 is 2.50 bits per heavy atom. The number of fused-ring (bicyclic) bond motifs is 1. The SMILES string of the molecule is C=C(/N=C\C=C/N)N1CCN(Cc2nc3ccccc3c(=O)n2Cc2ccccc2)CC1. The third kappa shape index (κ3) is 4.95. The monoisotopic (exact) mass is 428 g/mol. The summed E-state index contributed by atoms with van der Waals surface area (Å²) in [7, 11) is 0. The van der Waals surface area contributed by atoms with Crippen molar-refractivity contribution >= 4 is 17.1 Å². The Morgan fingerprint density at radius 1 is 1.03 bits per heavy atom. The lowest BCUT2D eigenvalue weighted by molar-refractivity contribution is 0.148. The predicted octanol–water partition coefficient (Wildman–Crippen LogP) is 2.58. The lowest BCUT2D eigenvalue weighted by atomic mass is 10.2. The van der Waals surface area contributed by atoms with Crippen LogP contribution in [0.5, 0.6) is 0 Å². The van der Waals surface area contributed by atoms with Crippen LogP contribution in [0.4, 0.5) is 0 Å². The number of piperazine rings is 1. The van der Waals surface area contributed by atoms with Crippen LogP contribution in [0.1, 0.15) is 11.4 Å². The molecule has 2 N–H and O–H groups in total. The van der Waals surface area contributed by atoms with Gasteiger partial charge in [-0.15, -0.1) is 0 Å². The largest absolute Gasteiger partial charge is 0.405 e. The lowest BCUT2D eigenvalue weighted by Gasteiger charge is -2.35. The molecule has 7 nitrogen and oxygen atoms in total. The van der Waals surface area contributed by atoms with Crippen molar-refractivity contribution in [1.29, 1.82) is 0 Å². The van der Waals surface area contributed by atoms with Gasteiger partial charge in [0.15, 0.2) is 0 Å². The van der Waals surface area contributed by atoms with E-state index in [1.54, 1.807) is 12.3 Å². The van der Waals surface area contributed by atoms with Crippen LogP contribution in [0.2, 0.25) is 0 Å². The van der Waals surface area contributed by atoms with E-state index in [9.17, 15) is 4.79 Å². The summed E-state index contributed by atoms with van der Waals surface area (Å²) in [6, 6.07) is 17.6. The molecule has 0 radical (unpaired) electrons. The lowest BCUT2D eigenvalue weighted by Crippen LogP contribution is -2.45. The Bertz CT molecular complexity index is 1190. The quantitative estimate of drug-likeness (QED) is 0.585. The fourth-order valence-electron chi connectivity index (χ4n) is 3.89. The minimum absolute atomic E-state index is 0.00348. The Balaban J connectivity index is 1.54. The summed E-state index contributed by atoms with van der Waals surface area (Å²) in [4.78, 5) is 27.0. The molecule has 2 heterocycles. The third-order valence-corrected chi connectivity index (χ3v) is 5.65. The van der Waals surface area contributed by atoms with Crippen LogP contribution in [-0.2, 0) is 13.1 Å². The fraction of sp³-hybridized carbons (Fsp3) is 0.240. The average molecular weight is 429 g/mol. The van der Waals surface area contributed by atoms with Crippen LogP contribution < -0.4 is 11.3 Å². The summed E-state index contributed by atoms with van der Waals surface area (Å²) in [6.07, 6.45) is 4.77. The zero-order chi connectivity index (χ0) is 22.3. The molecule has 0 spiro atoms. The van der Waals surface area contributed by atoms with Crippen LogP contribution in [0.15, 0.2) is 89.1 Å². The van der Waals surface area contributed by atoms with Gasteiger partial charge in [0.05, 0.1) is 24.0 Å². The second-order valence-corrected chi connectivity index (χ2v) is 7.76. The third-order valence-electron chi connectivity index (χ3n) is 5.65. The van der Waals surface area contributed by atoms with E-state index in [2.05, 4.69) is 21.4 Å². The summed E-state index contributed by atoms with van der Waals surface area (Å²) in [6.45, 7) is 8.49. The van der Waals surface area contributed by atoms with Crippen molar-refractivity contribution in [2.24, 2.45) is 10.7 Å². The Morgan fingerprint density at radius 2 is 1.75 bits per heavy atom. The van der Waals surface area contributed by atoms with Crippen molar-refractivity contribution < 1.29 is 0 Å². The van der Waals surface area contributed by atoms with E-state index in [1.807, 2.05) is 59.2 Å². The number of hydrogen-bond donors (Lipinski definition) is 1. The van der Waals surface area contributed by atoms with Crippen LogP contribution in [0.3, 0.4) is 0 Å². The molecule has 7 heteroatoms. The highest BCUT2D eigenvalue weighted by atomic mass is 16.1. The molecule has 0 amide bonds. The number of para-hydroxylation sites is 1. The molecular formula is C25H28N6O. The van der Waals surface area contributed by atoms with E-state index in [1.165, 1.54) is 6.20 Å². The number of benzene rings is 2. The molecule has 3 aromatic rings. The highest BCUT2D eigenvalue weighted by molar-refractivity contribution is 5.77. The highest BCUT2D eigenvalue weighted by Gasteiger charge is 2.20. The summed E-state index contributed by atoms with van der Waals surface area (Å²) in [5.41, 5.74) is 7.17. The molecule has 1 aliphatic rings. The molecule has 164 valence electrons. The van der Waals surface area contributed by atoms with Gasteiger partial charge in [0.2, 0.25) is 0 Å². The molecule has 0 unspecified atom stereocenters. The van der Waals surface area contributed by atoms with Crippen LogP contribution in [0.25, 0.3) is 10.9 Å². The van der Waals surface area contributed by atoms with Gasteiger partial charge in [-0.25, -0.2) is 9.98 Å². The van der Waals surface area contributed by atoms with Gasteiger partial charge >= 0.3 is 0 Å². The maximum atomic E-state index is 13.3. The van der Waals surface area contributed by atoms with E-state index >= 15 is 0 Å². The molecule has 0 atom stereocenters. The van der Waals surface area contributed by atoms with Crippen molar-refractivity contribution in [3.8, 4) is 0 Å². The molecule has 4 rings (SSSR count). The van der Waals surface area contributed by atoms with Gasteiger partial charge in [0.25, 0.3) is 5.56 Å². The molecule has 2 aromatic carbocycles. The molecule has 0 aliphatic carbocycles. The van der Waals surface area contributed by atoms with E-state index < -0.39 is 0 Å². The van der Waals surface area contributed by atoms with Gasteiger partial charge in [-0.2, -0.15) is 0 Å². The number of rotatable bonds is 7. The first-order valence-corrected chi connectivity index (χ1v) is 10.8. The van der Waals surface area contributed by atoms with Gasteiger partial charge in [0, 0.05) is 32.4 Å². The topological polar surface area (TPSA) is 79.8 Å². The van der Waals surface area contributed by atoms with E-state index in [0.29, 0.717) is 18.5 Å². The minimum atomic E-state index is 0.00348. The summed E-state index contributed by atoms with van der Waals surface area (Å²) in [5, 5.41) is 0.651. The molecule has 1 aliphatic heterocycles. The highest BCUT2D eigenvalue weighted by Crippen LogP contribution is 2.14. The second kappa shape index (κ2) is 10.1. The summed E-state index contributed by atoms with van der Waals surface area (Å²) in [5.74, 6) is 1.52. The zero-order valence-corrected chi connectivity index (χ0v) is 18.1. The maximum Gasteiger partial charge on any atom is 0.261 e. The van der Waals surface area contributed by atoms with Gasteiger partial charge < -0.3 is 10.6 Å². The maximum absolute atomic E-state index is 13.3. The molecule has 0 saturated carbocycles. The van der Waals surface area contributed by atoms with Crippen molar-refractivity contribution in [3.05, 3.63) is 101 Å². The summed E-state index contributed by atoms with van der Waals surface area (Å²) >= 11 is 0. The minimum Gasteiger partial charge on any atom is -0.405 e. The first-order chi connectivity index (χ1) is 15.7. The molecule has 1 fully saturated rings. The molecular weight excluding hydrogens is 400 g/mol. The number of aliphatic imine (C=N–C) groups is 1. The normalized spacial score (nSPS) is 15.2. The molecule has 0 bridgehead atoms. The molecule has 1 saturated heterocycles. The first kappa shape index (κ1) is 21.5. The standard InChI is InChI=1S/C25H28N6O/c1-20(27-13-7-12-26)30-16-14-29(15-17-30)19-24-28-23-11-6-5-10-22(23)25(32)31(24)18-21-8-3-2-4-9-21/h2-13H,1,14-19,26H2/b12-7-,27-13-. The van der Waals surface area contributed by atoms with Crippen LogP contribution in [0, 0.1) is 0 Å². The van der Waals surface area contributed by atoms with Crippen LogP contribution >= 0.6 is 0 Å². The average Bonchev–Trinajstić information content (AvgIpc) is 2.83. The Kier molecular flexibility index (Phi) is 6.77. The smallest absolute Gasteiger partial charge is 0.261 e. The molecule has 1 aromatic heterocycles. The number of nitrogens with two attached hydrogens (primary N) is 1. The van der Waals surface area contributed by atoms with Crippen LogP contribution in [-0.4, -0.2) is 51.7 Å². The van der Waals surface area contributed by atoms with Gasteiger partial charge in [0.1, 0.15) is 11.6 Å². The number of aromatic nitrogens is 2. The first-order valence-electron chi connectivity index (χ1n) is 10.8. The Hall–Kier alpha value is -3.71. The molecule has 32 heavy (non-hydrogen) atoms. The number of allylic oxidation sites excluding steroid dienone is 1. The van der Waals surface area contributed by atoms with Crippen molar-refractivity contribution in [3.63, 3.8) is 0 Å². The van der Waals surface area contributed by atoms with Gasteiger partial charge in [-0.1, -0.05) is 49.0 Å².